The molecule has 1 N–H and O–H groups in total. The summed E-state index contributed by atoms with van der Waals surface area (Å²) in [5.74, 6) is 0.0356. The molecule has 0 aliphatic carbocycles. The zero-order valence-corrected chi connectivity index (χ0v) is 10.6. The summed E-state index contributed by atoms with van der Waals surface area (Å²) >= 11 is 4.79. The number of hydrogen-bond acceptors (Lipinski definition) is 3. The van der Waals surface area contributed by atoms with Gasteiger partial charge in [-0.3, -0.25) is 4.79 Å². The van der Waals surface area contributed by atoms with Crippen LogP contribution < -0.4 is 0 Å². The first-order chi connectivity index (χ1) is 7.24. The highest BCUT2D eigenvalue weighted by molar-refractivity contribution is 9.10. The van der Waals surface area contributed by atoms with Crippen molar-refractivity contribution in [1.82, 2.24) is 4.90 Å². The molecular weight excluding hydrogens is 278 g/mol. The van der Waals surface area contributed by atoms with Gasteiger partial charge in [-0.15, -0.1) is 11.3 Å². The van der Waals surface area contributed by atoms with Gasteiger partial charge in [0.05, 0.1) is 12.6 Å². The number of hydrogen-bond donors (Lipinski definition) is 1. The Hall–Kier alpha value is -0.390. The quantitative estimate of drug-likeness (QED) is 0.906. The molecule has 5 heteroatoms. The highest BCUT2D eigenvalue weighted by Gasteiger charge is 2.30. The third kappa shape index (κ3) is 2.09. The molecule has 82 valence electrons. The minimum absolute atomic E-state index is 0.00602. The van der Waals surface area contributed by atoms with E-state index in [0.29, 0.717) is 0 Å². The topological polar surface area (TPSA) is 40.5 Å². The van der Waals surface area contributed by atoms with Crippen LogP contribution in [0.1, 0.15) is 22.5 Å². The molecule has 3 nitrogen and oxygen atoms in total. The van der Waals surface area contributed by atoms with E-state index in [1.165, 1.54) is 11.3 Å². The van der Waals surface area contributed by atoms with E-state index in [4.69, 9.17) is 5.11 Å². The number of amides is 1. The number of nitrogens with zero attached hydrogens (tertiary/aromatic N) is 1. The fourth-order valence-electron chi connectivity index (χ4n) is 1.87. The van der Waals surface area contributed by atoms with Crippen molar-refractivity contribution in [3.05, 3.63) is 20.8 Å². The van der Waals surface area contributed by atoms with E-state index >= 15 is 0 Å². The van der Waals surface area contributed by atoms with Crippen molar-refractivity contribution < 1.29 is 9.90 Å². The van der Waals surface area contributed by atoms with E-state index in [2.05, 4.69) is 15.9 Å². The summed E-state index contributed by atoms with van der Waals surface area (Å²) in [7, 11) is 0. The molecule has 0 saturated carbocycles. The lowest BCUT2D eigenvalue weighted by molar-refractivity contribution is 0.0681. The Kier molecular flexibility index (Phi) is 3.43. The fourth-order valence-corrected chi connectivity index (χ4v) is 3.37. The van der Waals surface area contributed by atoms with Crippen LogP contribution in [0.25, 0.3) is 0 Å². The van der Waals surface area contributed by atoms with Crippen molar-refractivity contribution in [3.63, 3.8) is 0 Å². The third-order valence-corrected chi connectivity index (χ3v) is 4.49. The van der Waals surface area contributed by atoms with Gasteiger partial charge in [0.1, 0.15) is 4.88 Å². The summed E-state index contributed by atoms with van der Waals surface area (Å²) in [6.45, 7) is 0.823. The van der Waals surface area contributed by atoms with Crippen molar-refractivity contribution in [3.8, 4) is 0 Å². The Morgan fingerprint density at radius 3 is 3.13 bits per heavy atom. The van der Waals surface area contributed by atoms with E-state index in [9.17, 15) is 4.79 Å². The lowest BCUT2D eigenvalue weighted by Crippen LogP contribution is -2.37. The first kappa shape index (κ1) is 11.1. The van der Waals surface area contributed by atoms with Gasteiger partial charge in [0.25, 0.3) is 5.91 Å². The Morgan fingerprint density at radius 1 is 1.73 bits per heavy atom. The van der Waals surface area contributed by atoms with Crippen molar-refractivity contribution in [2.45, 2.75) is 18.9 Å². The minimum atomic E-state index is 0.00602. The summed E-state index contributed by atoms with van der Waals surface area (Å²) in [6, 6.07) is 1.88. The van der Waals surface area contributed by atoms with Crippen molar-refractivity contribution in [2.24, 2.45) is 0 Å². The number of aliphatic hydroxyl groups excluding tert-OH is 1. The third-order valence-electron chi connectivity index (χ3n) is 2.66. The molecule has 0 aromatic carbocycles. The lowest BCUT2D eigenvalue weighted by Gasteiger charge is -2.22. The number of carbonyl (C=O) groups is 1. The maximum Gasteiger partial charge on any atom is 0.265 e. The maximum atomic E-state index is 12.1. The molecule has 1 aromatic rings. The van der Waals surface area contributed by atoms with Crippen LogP contribution in [0.15, 0.2) is 15.9 Å². The first-order valence-corrected chi connectivity index (χ1v) is 6.56. The molecule has 0 bridgehead atoms. The van der Waals surface area contributed by atoms with E-state index in [1.54, 1.807) is 4.90 Å². The van der Waals surface area contributed by atoms with Crippen LogP contribution in [0, 0.1) is 0 Å². The van der Waals surface area contributed by atoms with Crippen LogP contribution in [-0.4, -0.2) is 35.1 Å². The van der Waals surface area contributed by atoms with Gasteiger partial charge < -0.3 is 10.0 Å². The number of likely N-dealkylation sites (tertiary alicyclic amines) is 1. The van der Waals surface area contributed by atoms with E-state index < -0.39 is 0 Å². The van der Waals surface area contributed by atoms with Gasteiger partial charge in [-0.2, -0.15) is 0 Å². The van der Waals surface area contributed by atoms with Gasteiger partial charge in [-0.25, -0.2) is 0 Å². The summed E-state index contributed by atoms with van der Waals surface area (Å²) in [4.78, 5) is 14.6. The van der Waals surface area contributed by atoms with Crippen molar-refractivity contribution >= 4 is 33.2 Å². The fraction of sp³-hybridized carbons (Fsp3) is 0.500. The van der Waals surface area contributed by atoms with Gasteiger partial charge in [0.2, 0.25) is 0 Å². The Labute approximate surface area is 101 Å². The molecule has 0 spiro atoms. The summed E-state index contributed by atoms with van der Waals surface area (Å²) < 4.78 is 0.848. The number of thiophene rings is 1. The van der Waals surface area contributed by atoms with E-state index in [1.807, 2.05) is 11.4 Å². The summed E-state index contributed by atoms with van der Waals surface area (Å²) in [6.07, 6.45) is 1.89. The van der Waals surface area contributed by atoms with Gasteiger partial charge >= 0.3 is 0 Å². The molecule has 0 unspecified atom stereocenters. The minimum Gasteiger partial charge on any atom is -0.394 e. The van der Waals surface area contributed by atoms with Gasteiger partial charge in [-0.05, 0) is 40.2 Å². The highest BCUT2D eigenvalue weighted by atomic mass is 79.9. The van der Waals surface area contributed by atoms with Crippen LogP contribution in [0.3, 0.4) is 0 Å². The number of carbonyl (C=O) groups excluding carboxylic acids is 1. The van der Waals surface area contributed by atoms with Crippen LogP contribution in [-0.2, 0) is 0 Å². The summed E-state index contributed by atoms with van der Waals surface area (Å²) in [5.41, 5.74) is 0. The van der Waals surface area contributed by atoms with Gasteiger partial charge in [0.15, 0.2) is 0 Å². The van der Waals surface area contributed by atoms with Crippen LogP contribution in [0.4, 0.5) is 0 Å². The van der Waals surface area contributed by atoms with Gasteiger partial charge in [-0.1, -0.05) is 0 Å². The second-order valence-corrected chi connectivity index (χ2v) is 5.35. The zero-order valence-electron chi connectivity index (χ0n) is 8.15. The highest BCUT2D eigenvalue weighted by Crippen LogP contribution is 2.27. The van der Waals surface area contributed by atoms with Crippen molar-refractivity contribution in [1.29, 1.82) is 0 Å². The molecule has 1 fully saturated rings. The van der Waals surface area contributed by atoms with Crippen LogP contribution in [0.5, 0.6) is 0 Å². The van der Waals surface area contributed by atoms with Gasteiger partial charge in [0, 0.05) is 11.0 Å². The average Bonchev–Trinajstić information content (AvgIpc) is 2.84. The molecule has 2 rings (SSSR count). The second kappa shape index (κ2) is 4.63. The molecule has 0 radical (unpaired) electrons. The number of halogens is 1. The molecule has 2 heterocycles. The Morgan fingerprint density at radius 2 is 2.53 bits per heavy atom. The second-order valence-electron chi connectivity index (χ2n) is 3.57. The predicted molar refractivity (Wildman–Crippen MR) is 63.2 cm³/mol. The number of rotatable bonds is 2. The maximum absolute atomic E-state index is 12.1. The SMILES string of the molecule is O=C(c1sccc1Br)N1CCC[C@H]1CO. The molecular formula is C10H12BrNO2S. The first-order valence-electron chi connectivity index (χ1n) is 4.89. The summed E-state index contributed by atoms with van der Waals surface area (Å²) in [5, 5.41) is 11.0. The van der Waals surface area contributed by atoms with Crippen LogP contribution in [0.2, 0.25) is 0 Å². The molecule has 1 aliphatic heterocycles. The standard InChI is InChI=1S/C10H12BrNO2S/c11-8-3-5-15-9(8)10(14)12-4-1-2-7(12)6-13/h3,5,7,13H,1-2,4,6H2/t7-/m0/s1. The van der Waals surface area contributed by atoms with Crippen LogP contribution >= 0.6 is 27.3 Å². The molecule has 1 amide bonds. The predicted octanol–water partition coefficient (Wildman–Crippen LogP) is 2.11. The molecule has 15 heavy (non-hydrogen) atoms. The molecule has 1 atom stereocenters. The number of aliphatic hydroxyl groups is 1. The smallest absolute Gasteiger partial charge is 0.265 e. The Bertz CT molecular complexity index is 366. The monoisotopic (exact) mass is 289 g/mol. The van der Waals surface area contributed by atoms with E-state index in [-0.39, 0.29) is 18.6 Å². The molecule has 1 saturated heterocycles. The lowest BCUT2D eigenvalue weighted by atomic mass is 10.2. The molecule has 1 aliphatic rings. The Balaban J connectivity index is 2.18. The van der Waals surface area contributed by atoms with E-state index in [0.717, 1.165) is 28.7 Å². The average molecular weight is 290 g/mol. The van der Waals surface area contributed by atoms with Crippen molar-refractivity contribution in [2.75, 3.05) is 13.2 Å². The zero-order chi connectivity index (χ0) is 10.8. The molecule has 1 aromatic heterocycles. The largest absolute Gasteiger partial charge is 0.394 e. The normalized spacial score (nSPS) is 20.9.